The van der Waals surface area contributed by atoms with Gasteiger partial charge in [-0.3, -0.25) is 37.3 Å². The van der Waals surface area contributed by atoms with Gasteiger partial charge in [0.2, 0.25) is 0 Å². The molecule has 0 aromatic heterocycles. The predicted octanol–water partition coefficient (Wildman–Crippen LogP) is 27.3. The first kappa shape index (κ1) is 106. The molecule has 0 aromatic carbocycles. The van der Waals surface area contributed by atoms with Crippen molar-refractivity contribution in [2.45, 2.75) is 491 Å². The number of aliphatic hydroxyl groups is 1. The Labute approximate surface area is 664 Å². The van der Waals surface area contributed by atoms with Crippen molar-refractivity contribution in [1.82, 2.24) is 0 Å². The van der Waals surface area contributed by atoms with Crippen molar-refractivity contribution in [2.24, 2.45) is 17.8 Å². The fourth-order valence-corrected chi connectivity index (χ4v) is 15.4. The molecule has 0 spiro atoms. The molecule has 0 rings (SSSR count). The molecule has 3 unspecified atom stereocenters. The molecule has 3 N–H and O–H groups in total. The van der Waals surface area contributed by atoms with Gasteiger partial charge in [0, 0.05) is 25.7 Å². The molecule has 0 radical (unpaired) electrons. The molecule has 108 heavy (non-hydrogen) atoms. The number of phosphoric acid groups is 2. The third-order valence-corrected chi connectivity index (χ3v) is 23.1. The molecule has 0 aliphatic carbocycles. The van der Waals surface area contributed by atoms with Gasteiger partial charge in [-0.15, -0.1) is 0 Å². The molecular weight excluding hydrogens is 1400 g/mol. The Bertz CT molecular complexity index is 2080. The van der Waals surface area contributed by atoms with Crippen molar-refractivity contribution >= 4 is 39.5 Å². The van der Waals surface area contributed by atoms with E-state index in [1.165, 1.54) is 276 Å². The summed E-state index contributed by atoms with van der Waals surface area (Å²) >= 11 is 0. The fourth-order valence-electron chi connectivity index (χ4n) is 13.9. The Kier molecular flexibility index (Phi) is 77.5. The van der Waals surface area contributed by atoms with E-state index in [0.717, 1.165) is 114 Å². The number of rotatable bonds is 87. The number of unbranched alkanes of at least 4 members (excludes halogenated alkanes) is 54. The third kappa shape index (κ3) is 80.7. The fraction of sp³-hybridized carbons (Fsp3) is 0.955. The quantitative estimate of drug-likeness (QED) is 0.0222. The second-order valence-corrected chi connectivity index (χ2v) is 36.1. The van der Waals surface area contributed by atoms with Gasteiger partial charge in [-0.1, -0.05) is 421 Å². The normalized spacial score (nSPS) is 14.1. The first-order chi connectivity index (χ1) is 52.3. The van der Waals surface area contributed by atoms with Gasteiger partial charge in [0.15, 0.2) is 12.2 Å². The van der Waals surface area contributed by atoms with Gasteiger partial charge in [0.1, 0.15) is 19.3 Å². The number of hydrogen-bond donors (Lipinski definition) is 3. The molecule has 0 aliphatic rings. The summed E-state index contributed by atoms with van der Waals surface area (Å²) in [6.07, 6.45) is 71.0. The van der Waals surface area contributed by atoms with E-state index in [1.807, 2.05) is 0 Å². The number of aliphatic hydroxyl groups excluding tert-OH is 1. The summed E-state index contributed by atoms with van der Waals surface area (Å²) in [6, 6.07) is 0. The maximum atomic E-state index is 13.2. The standard InChI is InChI=1S/C89H174O17P2/c1-8-10-11-12-13-14-15-16-17-18-19-20-21-22-23-28-34-39-44-49-58-65-72-88(93)105-84(76-99-86(91)70-63-56-48-43-38-33-29-24-26-31-36-41-46-53-60-67-80(3)4)78-103-107(95,96)101-74-83(90)75-102-108(97,98)104-79-85(77-100-87(92)71-64-57-52-51-55-62-69-82(7)9-2)106-89(94)73-66-59-50-45-40-35-30-25-27-32-37-42-47-54-61-68-81(5)6/h80-85,90H,8-79H2,1-7H3,(H,95,96)(H,97,98)/t82?,83-,84-,85-/m1/s1. The van der Waals surface area contributed by atoms with E-state index >= 15 is 0 Å². The molecule has 0 fully saturated rings. The minimum Gasteiger partial charge on any atom is -0.462 e. The highest BCUT2D eigenvalue weighted by Gasteiger charge is 2.31. The Balaban J connectivity index is 5.22. The van der Waals surface area contributed by atoms with Crippen LogP contribution in [0.5, 0.6) is 0 Å². The Morgan fingerprint density at radius 2 is 0.472 bits per heavy atom. The molecule has 19 heteroatoms. The van der Waals surface area contributed by atoms with Crippen LogP contribution in [0.15, 0.2) is 0 Å². The lowest BCUT2D eigenvalue weighted by atomic mass is 10.00. The Morgan fingerprint density at radius 1 is 0.269 bits per heavy atom. The lowest BCUT2D eigenvalue weighted by molar-refractivity contribution is -0.161. The van der Waals surface area contributed by atoms with Crippen molar-refractivity contribution in [3.05, 3.63) is 0 Å². The monoisotopic (exact) mass is 1580 g/mol. The zero-order chi connectivity index (χ0) is 79.3. The summed E-state index contributed by atoms with van der Waals surface area (Å²) in [4.78, 5) is 73.3. The first-order valence-corrected chi connectivity index (χ1v) is 48.9. The molecule has 642 valence electrons. The summed E-state index contributed by atoms with van der Waals surface area (Å²) in [7, 11) is -9.93. The maximum Gasteiger partial charge on any atom is 0.472 e. The molecule has 0 aromatic rings. The van der Waals surface area contributed by atoms with Gasteiger partial charge >= 0.3 is 39.5 Å². The number of carbonyl (C=O) groups excluding carboxylic acids is 4. The first-order valence-electron chi connectivity index (χ1n) is 45.9. The molecule has 0 heterocycles. The number of esters is 4. The zero-order valence-corrected chi connectivity index (χ0v) is 73.1. The van der Waals surface area contributed by atoms with Crippen LogP contribution >= 0.6 is 15.6 Å². The van der Waals surface area contributed by atoms with Gasteiger partial charge in [-0.2, -0.15) is 0 Å². The summed E-state index contributed by atoms with van der Waals surface area (Å²) < 4.78 is 69.0. The van der Waals surface area contributed by atoms with Crippen LogP contribution in [0.4, 0.5) is 0 Å². The van der Waals surface area contributed by atoms with Crippen LogP contribution in [-0.4, -0.2) is 96.7 Å². The maximum absolute atomic E-state index is 13.2. The van der Waals surface area contributed by atoms with Crippen molar-refractivity contribution in [2.75, 3.05) is 39.6 Å². The Morgan fingerprint density at radius 3 is 0.704 bits per heavy atom. The molecular formula is C89H174O17P2. The van der Waals surface area contributed by atoms with E-state index in [0.29, 0.717) is 25.7 Å². The van der Waals surface area contributed by atoms with Crippen LogP contribution in [0.1, 0.15) is 472 Å². The van der Waals surface area contributed by atoms with Crippen molar-refractivity contribution < 1.29 is 80.2 Å². The molecule has 0 saturated heterocycles. The van der Waals surface area contributed by atoms with Gasteiger partial charge in [0.05, 0.1) is 26.4 Å². The second-order valence-electron chi connectivity index (χ2n) is 33.2. The summed E-state index contributed by atoms with van der Waals surface area (Å²) in [5, 5.41) is 10.7. The van der Waals surface area contributed by atoms with E-state index in [4.69, 9.17) is 37.0 Å². The molecule has 0 aliphatic heterocycles. The average molecular weight is 1580 g/mol. The van der Waals surface area contributed by atoms with Crippen molar-refractivity contribution in [3.63, 3.8) is 0 Å². The van der Waals surface area contributed by atoms with Gasteiger partial charge in [-0.05, 0) is 43.4 Å². The highest BCUT2D eigenvalue weighted by Crippen LogP contribution is 2.45. The van der Waals surface area contributed by atoms with E-state index in [9.17, 15) is 43.2 Å². The van der Waals surface area contributed by atoms with Crippen LogP contribution in [-0.2, 0) is 65.4 Å². The molecule has 0 amide bonds. The minimum atomic E-state index is -4.97. The lowest BCUT2D eigenvalue weighted by Crippen LogP contribution is -2.30. The van der Waals surface area contributed by atoms with Crippen LogP contribution < -0.4 is 0 Å². The van der Waals surface area contributed by atoms with E-state index in [1.54, 1.807) is 0 Å². The van der Waals surface area contributed by atoms with Gasteiger partial charge in [0.25, 0.3) is 0 Å². The molecule has 0 saturated carbocycles. The highest BCUT2D eigenvalue weighted by atomic mass is 31.2. The van der Waals surface area contributed by atoms with Crippen molar-refractivity contribution in [1.29, 1.82) is 0 Å². The van der Waals surface area contributed by atoms with E-state index in [-0.39, 0.29) is 25.7 Å². The van der Waals surface area contributed by atoms with Crippen LogP contribution in [0, 0.1) is 17.8 Å². The number of hydrogen-bond acceptors (Lipinski definition) is 15. The largest absolute Gasteiger partial charge is 0.472 e. The van der Waals surface area contributed by atoms with Gasteiger partial charge in [-0.25, -0.2) is 9.13 Å². The lowest BCUT2D eigenvalue weighted by Gasteiger charge is -2.21. The minimum absolute atomic E-state index is 0.107. The summed E-state index contributed by atoms with van der Waals surface area (Å²) in [5.41, 5.74) is 0. The van der Waals surface area contributed by atoms with Crippen LogP contribution in [0.25, 0.3) is 0 Å². The summed E-state index contributed by atoms with van der Waals surface area (Å²) in [6.45, 7) is 12.0. The smallest absolute Gasteiger partial charge is 0.462 e. The topological polar surface area (TPSA) is 237 Å². The zero-order valence-electron chi connectivity index (χ0n) is 71.3. The number of phosphoric ester groups is 2. The Hall–Kier alpha value is -1.94. The molecule has 17 nitrogen and oxygen atoms in total. The van der Waals surface area contributed by atoms with Crippen LogP contribution in [0.2, 0.25) is 0 Å². The number of ether oxygens (including phenoxy) is 4. The highest BCUT2D eigenvalue weighted by molar-refractivity contribution is 7.47. The summed E-state index contributed by atoms with van der Waals surface area (Å²) in [5.74, 6) is 0.236. The van der Waals surface area contributed by atoms with Crippen LogP contribution in [0.3, 0.4) is 0 Å². The second kappa shape index (κ2) is 78.9. The molecule has 6 atom stereocenters. The van der Waals surface area contributed by atoms with Gasteiger partial charge < -0.3 is 33.8 Å². The van der Waals surface area contributed by atoms with E-state index < -0.39 is 97.5 Å². The van der Waals surface area contributed by atoms with Crippen molar-refractivity contribution in [3.8, 4) is 0 Å². The SMILES string of the molecule is CCCCCCCCCCCCCCCCCCCCCCCCC(=O)O[C@H](COC(=O)CCCCCCCCCCCCCCCCCC(C)C)COP(=O)(O)OC[C@@H](O)COP(=O)(O)OC[C@@H](COC(=O)CCCCCCCCC(C)CC)OC(=O)CCCCCCCCCCCCCCCCCC(C)C. The van der Waals surface area contributed by atoms with E-state index in [2.05, 4.69) is 48.5 Å². The average Bonchev–Trinajstić information content (AvgIpc) is 0.891. The number of carbonyl (C=O) groups is 4. The molecule has 0 bridgehead atoms. The third-order valence-electron chi connectivity index (χ3n) is 21.2. The predicted molar refractivity (Wildman–Crippen MR) is 446 cm³/mol.